The minimum atomic E-state index is -1.08. The third-order valence-corrected chi connectivity index (χ3v) is 4.49. The van der Waals surface area contributed by atoms with E-state index in [-0.39, 0.29) is 6.54 Å². The van der Waals surface area contributed by atoms with Crippen molar-refractivity contribution in [1.29, 1.82) is 0 Å². The Hall–Kier alpha value is -2.58. The summed E-state index contributed by atoms with van der Waals surface area (Å²) in [6, 6.07) is 8.70. The van der Waals surface area contributed by atoms with Gasteiger partial charge in [-0.1, -0.05) is 11.6 Å². The first-order valence-corrected chi connectivity index (χ1v) is 8.17. The summed E-state index contributed by atoms with van der Waals surface area (Å²) in [6.45, 7) is 0.193. The van der Waals surface area contributed by atoms with Crippen molar-refractivity contribution < 1.29 is 9.90 Å². The molecule has 0 aliphatic rings. The molecule has 0 fully saturated rings. The number of anilines is 1. The predicted molar refractivity (Wildman–Crippen MR) is 92.6 cm³/mol. The van der Waals surface area contributed by atoms with Crippen molar-refractivity contribution >= 4 is 34.7 Å². The molecule has 124 valence electrons. The van der Waals surface area contributed by atoms with Crippen LogP contribution in [-0.4, -0.2) is 25.8 Å². The van der Waals surface area contributed by atoms with E-state index >= 15 is 0 Å². The Bertz CT molecular complexity index is 931. The van der Waals surface area contributed by atoms with Crippen LogP contribution in [0.15, 0.2) is 41.3 Å². The van der Waals surface area contributed by atoms with Crippen molar-refractivity contribution in [2.45, 2.75) is 13.1 Å². The molecule has 3 N–H and O–H groups in total. The molecule has 0 bridgehead atoms. The predicted octanol–water partition coefficient (Wildman–Crippen LogP) is 2.65. The van der Waals surface area contributed by atoms with Crippen LogP contribution in [0.5, 0.6) is 0 Å². The molecule has 0 atom stereocenters. The van der Waals surface area contributed by atoms with Crippen LogP contribution in [-0.2, 0) is 17.9 Å². The van der Waals surface area contributed by atoms with E-state index in [1.807, 2.05) is 12.1 Å². The fourth-order valence-corrected chi connectivity index (χ4v) is 3.21. The number of carbonyl (C=O) groups is 1. The number of nitrogens with one attached hydrogen (secondary N) is 2. The summed E-state index contributed by atoms with van der Waals surface area (Å²) in [5.41, 5.74) is 0.386. The van der Waals surface area contributed by atoms with Crippen molar-refractivity contribution in [3.8, 4) is 11.3 Å². The van der Waals surface area contributed by atoms with E-state index in [4.69, 9.17) is 16.7 Å². The average molecular weight is 365 g/mol. The van der Waals surface area contributed by atoms with Crippen LogP contribution in [0.2, 0.25) is 4.34 Å². The molecule has 3 rings (SSSR count). The van der Waals surface area contributed by atoms with E-state index in [0.717, 1.165) is 13.8 Å². The molecule has 0 aromatic carbocycles. The number of aromatic amines is 1. The molecule has 24 heavy (non-hydrogen) atoms. The zero-order valence-electron chi connectivity index (χ0n) is 12.3. The number of H-pyrrole nitrogens is 1. The van der Waals surface area contributed by atoms with Gasteiger partial charge >= 0.3 is 5.97 Å². The Morgan fingerprint density at radius 1 is 1.42 bits per heavy atom. The molecule has 0 aliphatic carbocycles. The SMILES string of the molecule is O=C(O)Cn1cccc(-c2cc(NCc3ccc(Cl)s3)[nH]n2)c1=O. The Kier molecular flexibility index (Phi) is 4.68. The molecule has 0 radical (unpaired) electrons. The Labute approximate surface area is 145 Å². The van der Waals surface area contributed by atoms with Gasteiger partial charge in [0.25, 0.3) is 5.56 Å². The molecule has 7 nitrogen and oxygen atoms in total. The monoisotopic (exact) mass is 364 g/mol. The molecule has 3 heterocycles. The highest BCUT2D eigenvalue weighted by Gasteiger charge is 2.11. The minimum absolute atomic E-state index is 0.335. The van der Waals surface area contributed by atoms with Gasteiger partial charge in [-0.2, -0.15) is 5.10 Å². The fraction of sp³-hybridized carbons (Fsp3) is 0.133. The Morgan fingerprint density at radius 2 is 2.25 bits per heavy atom. The topological polar surface area (TPSA) is 100 Å². The highest BCUT2D eigenvalue weighted by molar-refractivity contribution is 7.16. The van der Waals surface area contributed by atoms with Gasteiger partial charge in [-0.05, 0) is 24.3 Å². The number of aliphatic carboxylic acids is 1. The number of hydrogen-bond donors (Lipinski definition) is 3. The van der Waals surface area contributed by atoms with Gasteiger partial charge in [0, 0.05) is 17.1 Å². The summed E-state index contributed by atoms with van der Waals surface area (Å²) >= 11 is 7.37. The first-order chi connectivity index (χ1) is 11.5. The molecule has 0 saturated heterocycles. The lowest BCUT2D eigenvalue weighted by molar-refractivity contribution is -0.137. The molecular weight excluding hydrogens is 352 g/mol. The number of nitrogens with zero attached hydrogens (tertiary/aromatic N) is 2. The highest BCUT2D eigenvalue weighted by atomic mass is 35.5. The summed E-state index contributed by atoms with van der Waals surface area (Å²) in [5, 5.41) is 18.9. The van der Waals surface area contributed by atoms with Crippen LogP contribution < -0.4 is 10.9 Å². The van der Waals surface area contributed by atoms with Crippen LogP contribution in [0.4, 0.5) is 5.82 Å². The highest BCUT2D eigenvalue weighted by Crippen LogP contribution is 2.22. The van der Waals surface area contributed by atoms with E-state index in [0.29, 0.717) is 23.6 Å². The van der Waals surface area contributed by atoms with Crippen LogP contribution in [0, 0.1) is 0 Å². The van der Waals surface area contributed by atoms with Crippen LogP contribution >= 0.6 is 22.9 Å². The maximum atomic E-state index is 12.3. The fourth-order valence-electron chi connectivity index (χ4n) is 2.18. The zero-order valence-corrected chi connectivity index (χ0v) is 13.9. The second-order valence-electron chi connectivity index (χ2n) is 4.97. The van der Waals surface area contributed by atoms with E-state index in [1.165, 1.54) is 17.5 Å². The molecule has 9 heteroatoms. The van der Waals surface area contributed by atoms with Gasteiger partial charge < -0.3 is 15.0 Å². The molecule has 0 amide bonds. The number of hydrogen-bond acceptors (Lipinski definition) is 5. The quantitative estimate of drug-likeness (QED) is 0.624. The molecule has 3 aromatic rings. The summed E-state index contributed by atoms with van der Waals surface area (Å²) in [4.78, 5) is 24.2. The number of rotatable bonds is 6. The first kappa shape index (κ1) is 16.3. The normalized spacial score (nSPS) is 10.7. The van der Waals surface area contributed by atoms with E-state index in [2.05, 4.69) is 15.5 Å². The molecule has 0 spiro atoms. The number of aromatic nitrogens is 3. The van der Waals surface area contributed by atoms with Gasteiger partial charge in [0.1, 0.15) is 12.4 Å². The van der Waals surface area contributed by atoms with Crippen molar-refractivity contribution in [3.05, 3.63) is 56.1 Å². The summed E-state index contributed by atoms with van der Waals surface area (Å²) in [7, 11) is 0. The van der Waals surface area contributed by atoms with Gasteiger partial charge in [-0.3, -0.25) is 14.7 Å². The van der Waals surface area contributed by atoms with Gasteiger partial charge in [0.15, 0.2) is 0 Å². The second kappa shape index (κ2) is 6.90. The maximum absolute atomic E-state index is 12.3. The summed E-state index contributed by atoms with van der Waals surface area (Å²) < 4.78 is 1.85. The minimum Gasteiger partial charge on any atom is -0.480 e. The first-order valence-electron chi connectivity index (χ1n) is 6.98. The van der Waals surface area contributed by atoms with Crippen LogP contribution in [0.25, 0.3) is 11.3 Å². The lowest BCUT2D eigenvalue weighted by atomic mass is 10.2. The number of carboxylic acid groups (broad SMARTS) is 1. The lowest BCUT2D eigenvalue weighted by Crippen LogP contribution is -2.24. The van der Waals surface area contributed by atoms with Gasteiger partial charge in [-0.25, -0.2) is 0 Å². The maximum Gasteiger partial charge on any atom is 0.323 e. The summed E-state index contributed by atoms with van der Waals surface area (Å²) in [6.07, 6.45) is 1.44. The van der Waals surface area contributed by atoms with Crippen molar-refractivity contribution in [1.82, 2.24) is 14.8 Å². The second-order valence-corrected chi connectivity index (χ2v) is 6.77. The third-order valence-electron chi connectivity index (χ3n) is 3.26. The molecule has 0 unspecified atom stereocenters. The van der Waals surface area contributed by atoms with Gasteiger partial charge in [0.05, 0.1) is 22.1 Å². The number of pyridine rings is 1. The van der Waals surface area contributed by atoms with E-state index in [9.17, 15) is 9.59 Å². The largest absolute Gasteiger partial charge is 0.480 e. The molecule has 0 aliphatic heterocycles. The van der Waals surface area contributed by atoms with Crippen molar-refractivity contribution in [2.24, 2.45) is 0 Å². The number of thiophene rings is 1. The molecule has 3 aromatic heterocycles. The Morgan fingerprint density at radius 3 is 2.96 bits per heavy atom. The van der Waals surface area contributed by atoms with E-state index in [1.54, 1.807) is 18.2 Å². The Balaban J connectivity index is 1.78. The van der Waals surface area contributed by atoms with E-state index < -0.39 is 11.5 Å². The third kappa shape index (κ3) is 3.66. The van der Waals surface area contributed by atoms with Gasteiger partial charge in [-0.15, -0.1) is 11.3 Å². The standard InChI is InChI=1S/C15H13ClN4O3S/c16-12-4-3-9(24-12)7-17-13-6-11(18-19-13)10-2-1-5-20(15(10)23)8-14(21)22/h1-6H,7-8H2,(H,21,22)(H2,17,18,19). The smallest absolute Gasteiger partial charge is 0.323 e. The molecule has 0 saturated carbocycles. The van der Waals surface area contributed by atoms with Crippen LogP contribution in [0.1, 0.15) is 4.88 Å². The van der Waals surface area contributed by atoms with Crippen molar-refractivity contribution in [3.63, 3.8) is 0 Å². The number of halogens is 1. The zero-order chi connectivity index (χ0) is 17.1. The van der Waals surface area contributed by atoms with Crippen LogP contribution in [0.3, 0.4) is 0 Å². The number of carboxylic acids is 1. The average Bonchev–Trinajstić information content (AvgIpc) is 3.16. The summed E-state index contributed by atoms with van der Waals surface area (Å²) in [5.74, 6) is -0.421. The molecular formula is C15H13ClN4O3S. The lowest BCUT2D eigenvalue weighted by Gasteiger charge is -2.03. The van der Waals surface area contributed by atoms with Gasteiger partial charge in [0.2, 0.25) is 0 Å². The van der Waals surface area contributed by atoms with Crippen molar-refractivity contribution in [2.75, 3.05) is 5.32 Å².